The number of esters is 1. The minimum Gasteiger partial charge on any atom is -0.465 e. The SMILES string of the molecule is CO[Si](CCCOC(=O)CC(C)=O)(OC)OC. The summed E-state index contributed by atoms with van der Waals surface area (Å²) in [6.07, 6.45) is 0.396. The Morgan fingerprint density at radius 2 is 1.59 bits per heavy atom. The van der Waals surface area contributed by atoms with Gasteiger partial charge in [0.25, 0.3) is 0 Å². The molecule has 0 aromatic carbocycles. The third kappa shape index (κ3) is 6.52. The van der Waals surface area contributed by atoms with Gasteiger partial charge in [0.2, 0.25) is 0 Å². The van der Waals surface area contributed by atoms with Crippen molar-refractivity contribution in [3.8, 4) is 0 Å². The minimum atomic E-state index is -2.58. The predicted molar refractivity (Wildman–Crippen MR) is 62.5 cm³/mol. The van der Waals surface area contributed by atoms with Crippen molar-refractivity contribution in [3.63, 3.8) is 0 Å². The lowest BCUT2D eigenvalue weighted by Gasteiger charge is -2.24. The summed E-state index contributed by atoms with van der Waals surface area (Å²) < 4.78 is 20.5. The van der Waals surface area contributed by atoms with Gasteiger partial charge in [-0.3, -0.25) is 9.59 Å². The molecule has 0 atom stereocenters. The second kappa shape index (κ2) is 8.35. The minimum absolute atomic E-state index is 0.179. The molecule has 0 spiro atoms. The van der Waals surface area contributed by atoms with Crippen molar-refractivity contribution < 1.29 is 27.6 Å². The summed E-state index contributed by atoms with van der Waals surface area (Å²) >= 11 is 0. The first-order valence-corrected chi connectivity index (χ1v) is 7.23. The molecule has 0 bridgehead atoms. The average Bonchev–Trinajstić information content (AvgIpc) is 2.29. The van der Waals surface area contributed by atoms with Gasteiger partial charge in [0.15, 0.2) is 0 Å². The molecule has 17 heavy (non-hydrogen) atoms. The van der Waals surface area contributed by atoms with Crippen molar-refractivity contribution in [1.82, 2.24) is 0 Å². The van der Waals surface area contributed by atoms with Gasteiger partial charge < -0.3 is 18.0 Å². The van der Waals surface area contributed by atoms with E-state index < -0.39 is 14.8 Å². The molecule has 0 aromatic rings. The summed E-state index contributed by atoms with van der Waals surface area (Å²) in [5.74, 6) is -0.707. The molecule has 7 heteroatoms. The molecule has 0 N–H and O–H groups in total. The average molecular weight is 264 g/mol. The second-order valence-electron chi connectivity index (χ2n) is 3.50. The van der Waals surface area contributed by atoms with Crippen molar-refractivity contribution >= 4 is 20.6 Å². The van der Waals surface area contributed by atoms with Crippen LogP contribution in [-0.4, -0.2) is 48.5 Å². The highest BCUT2D eigenvalue weighted by Gasteiger charge is 2.36. The highest BCUT2D eigenvalue weighted by atomic mass is 28.4. The Morgan fingerprint density at radius 3 is 2.00 bits per heavy atom. The number of carbonyl (C=O) groups is 2. The quantitative estimate of drug-likeness (QED) is 0.265. The van der Waals surface area contributed by atoms with Crippen LogP contribution in [0.15, 0.2) is 0 Å². The first-order valence-electron chi connectivity index (χ1n) is 5.30. The van der Waals surface area contributed by atoms with E-state index in [1.165, 1.54) is 28.3 Å². The topological polar surface area (TPSA) is 71.1 Å². The molecule has 0 aromatic heterocycles. The van der Waals surface area contributed by atoms with Gasteiger partial charge in [-0.25, -0.2) is 0 Å². The van der Waals surface area contributed by atoms with Crippen LogP contribution in [-0.2, 0) is 27.6 Å². The molecule has 0 heterocycles. The van der Waals surface area contributed by atoms with E-state index in [2.05, 4.69) is 0 Å². The maximum absolute atomic E-state index is 11.1. The highest BCUT2D eigenvalue weighted by molar-refractivity contribution is 6.60. The molecule has 0 aliphatic heterocycles. The summed E-state index contributed by atoms with van der Waals surface area (Å²) in [5.41, 5.74) is 0. The summed E-state index contributed by atoms with van der Waals surface area (Å²) in [5, 5.41) is 0. The Morgan fingerprint density at radius 1 is 1.06 bits per heavy atom. The fourth-order valence-corrected chi connectivity index (χ4v) is 2.97. The molecule has 0 unspecified atom stereocenters. The molecule has 6 nitrogen and oxygen atoms in total. The lowest BCUT2D eigenvalue weighted by molar-refractivity contribution is -0.145. The maximum atomic E-state index is 11.1. The van der Waals surface area contributed by atoms with Gasteiger partial charge in [0.1, 0.15) is 12.2 Å². The maximum Gasteiger partial charge on any atom is 0.500 e. The fourth-order valence-electron chi connectivity index (χ4n) is 1.29. The summed E-state index contributed by atoms with van der Waals surface area (Å²) in [4.78, 5) is 21.7. The van der Waals surface area contributed by atoms with Crippen LogP contribution in [0, 0.1) is 0 Å². The largest absolute Gasteiger partial charge is 0.500 e. The molecule has 100 valence electrons. The first-order chi connectivity index (χ1) is 7.99. The van der Waals surface area contributed by atoms with Crippen molar-refractivity contribution in [2.24, 2.45) is 0 Å². The Bertz CT molecular complexity index is 243. The number of ether oxygens (including phenoxy) is 1. The van der Waals surface area contributed by atoms with E-state index in [-0.39, 0.29) is 18.8 Å². The van der Waals surface area contributed by atoms with Gasteiger partial charge in [-0.2, -0.15) is 0 Å². The third-order valence-electron chi connectivity index (χ3n) is 2.22. The van der Waals surface area contributed by atoms with Gasteiger partial charge in [-0.15, -0.1) is 0 Å². The number of carbonyl (C=O) groups excluding carboxylic acids is 2. The van der Waals surface area contributed by atoms with Gasteiger partial charge >= 0.3 is 14.8 Å². The van der Waals surface area contributed by atoms with E-state index >= 15 is 0 Å². The molecular weight excluding hydrogens is 244 g/mol. The summed E-state index contributed by atoms with van der Waals surface area (Å²) in [7, 11) is 2.01. The monoisotopic (exact) mass is 264 g/mol. The number of hydrogen-bond donors (Lipinski definition) is 0. The van der Waals surface area contributed by atoms with Crippen molar-refractivity contribution in [3.05, 3.63) is 0 Å². The predicted octanol–water partition coefficient (Wildman–Crippen LogP) is 0.777. The fraction of sp³-hybridized carbons (Fsp3) is 0.800. The lowest BCUT2D eigenvalue weighted by Crippen LogP contribution is -2.42. The third-order valence-corrected chi connectivity index (χ3v) is 5.05. The van der Waals surface area contributed by atoms with Crippen LogP contribution < -0.4 is 0 Å². The van der Waals surface area contributed by atoms with E-state index in [0.717, 1.165) is 0 Å². The zero-order chi connectivity index (χ0) is 13.3. The zero-order valence-electron chi connectivity index (χ0n) is 10.8. The molecule has 0 rings (SSSR count). The summed E-state index contributed by atoms with van der Waals surface area (Å²) in [6, 6.07) is 0.559. The van der Waals surface area contributed by atoms with Gasteiger partial charge in [0, 0.05) is 27.4 Å². The van der Waals surface area contributed by atoms with Crippen molar-refractivity contribution in [1.29, 1.82) is 0 Å². The molecular formula is C10H20O6Si. The van der Waals surface area contributed by atoms with Crippen molar-refractivity contribution in [2.45, 2.75) is 25.8 Å². The molecule has 0 saturated heterocycles. The van der Waals surface area contributed by atoms with Crippen LogP contribution in [0.25, 0.3) is 0 Å². The molecule has 0 radical (unpaired) electrons. The van der Waals surface area contributed by atoms with Crippen molar-refractivity contribution in [2.75, 3.05) is 27.9 Å². The van der Waals surface area contributed by atoms with Crippen LogP contribution >= 0.6 is 0 Å². The number of ketones is 1. The van der Waals surface area contributed by atoms with Gasteiger partial charge in [0.05, 0.1) is 6.61 Å². The van der Waals surface area contributed by atoms with E-state index in [4.69, 9.17) is 18.0 Å². The Kier molecular flexibility index (Phi) is 7.97. The Labute approximate surface area is 103 Å². The Balaban J connectivity index is 3.83. The molecule has 0 saturated carbocycles. The summed E-state index contributed by atoms with van der Waals surface area (Å²) in [6.45, 7) is 1.58. The molecule has 0 fully saturated rings. The van der Waals surface area contributed by atoms with Crippen LogP contribution in [0.4, 0.5) is 0 Å². The molecule has 0 aliphatic rings. The first kappa shape index (κ1) is 16.2. The molecule has 0 amide bonds. The zero-order valence-corrected chi connectivity index (χ0v) is 11.8. The number of rotatable bonds is 9. The van der Waals surface area contributed by atoms with E-state index in [0.29, 0.717) is 12.5 Å². The number of Topliss-reactive ketones (excluding diaryl/α,β-unsaturated/α-hetero) is 1. The van der Waals surface area contributed by atoms with Crippen LogP contribution in [0.5, 0.6) is 0 Å². The Hall–Kier alpha value is -0.763. The van der Waals surface area contributed by atoms with Gasteiger partial charge in [-0.1, -0.05) is 0 Å². The van der Waals surface area contributed by atoms with E-state index in [1.54, 1.807) is 0 Å². The standard InChI is InChI=1S/C10H20O6Si/c1-9(11)8-10(12)16-6-5-7-17(13-2,14-3)15-4/h5-8H2,1-4H3. The lowest BCUT2D eigenvalue weighted by atomic mass is 10.3. The van der Waals surface area contributed by atoms with Gasteiger partial charge in [-0.05, 0) is 13.3 Å². The van der Waals surface area contributed by atoms with Crippen LogP contribution in [0.1, 0.15) is 19.8 Å². The smallest absolute Gasteiger partial charge is 0.465 e. The number of hydrogen-bond acceptors (Lipinski definition) is 6. The normalized spacial score (nSPS) is 11.3. The van der Waals surface area contributed by atoms with E-state index in [1.807, 2.05) is 0 Å². The molecule has 0 aliphatic carbocycles. The van der Waals surface area contributed by atoms with E-state index in [9.17, 15) is 9.59 Å². The highest BCUT2D eigenvalue weighted by Crippen LogP contribution is 2.14. The second-order valence-corrected chi connectivity index (χ2v) is 6.59. The van der Waals surface area contributed by atoms with Crippen LogP contribution in [0.3, 0.4) is 0 Å². The van der Waals surface area contributed by atoms with Crippen LogP contribution in [0.2, 0.25) is 6.04 Å².